The third-order valence-corrected chi connectivity index (χ3v) is 6.79. The average molecular weight is 422 g/mol. The topological polar surface area (TPSA) is 66.4 Å². The van der Waals surface area contributed by atoms with E-state index < -0.39 is 6.09 Å². The van der Waals surface area contributed by atoms with Crippen LogP contribution in [0, 0.1) is 5.41 Å². The van der Waals surface area contributed by atoms with Gasteiger partial charge in [0.05, 0.1) is 0 Å². The van der Waals surface area contributed by atoms with Crippen LogP contribution in [-0.4, -0.2) is 23.5 Å². The maximum Gasteiger partial charge on any atom is 0.404 e. The minimum absolute atomic E-state index is 0.218. The van der Waals surface area contributed by atoms with Crippen molar-refractivity contribution in [1.29, 1.82) is 0 Å². The number of Topliss-reactive ketones (excluding diaryl/α,β-unsaturated/α-hetero) is 1. The molecule has 4 heteroatoms. The van der Waals surface area contributed by atoms with Crippen LogP contribution in [0.5, 0.6) is 0 Å². The number of carbonyl (C=O) groups excluding carboxylic acids is 1. The van der Waals surface area contributed by atoms with E-state index in [1.54, 1.807) is 0 Å². The molecule has 0 spiro atoms. The minimum Gasteiger partial charge on any atom is -0.465 e. The van der Waals surface area contributed by atoms with E-state index in [9.17, 15) is 9.59 Å². The molecule has 30 heavy (non-hydrogen) atoms. The minimum atomic E-state index is -0.913. The first-order valence-electron chi connectivity index (χ1n) is 12.5. The van der Waals surface area contributed by atoms with Crippen molar-refractivity contribution in [2.45, 2.75) is 130 Å². The summed E-state index contributed by atoms with van der Waals surface area (Å²) in [5, 5.41) is 10.9. The van der Waals surface area contributed by atoms with Gasteiger partial charge >= 0.3 is 6.09 Å². The van der Waals surface area contributed by atoms with E-state index in [4.69, 9.17) is 5.11 Å². The third-order valence-electron chi connectivity index (χ3n) is 6.79. The Hall–Kier alpha value is -1.32. The highest BCUT2D eigenvalue weighted by Crippen LogP contribution is 2.41. The van der Waals surface area contributed by atoms with Crippen molar-refractivity contribution in [3.63, 3.8) is 0 Å². The summed E-state index contributed by atoms with van der Waals surface area (Å²) in [7, 11) is 0. The number of amides is 1. The van der Waals surface area contributed by atoms with Crippen molar-refractivity contribution in [2.75, 3.05) is 6.54 Å². The molecule has 0 atom stereocenters. The fourth-order valence-corrected chi connectivity index (χ4v) is 4.71. The number of ketones is 1. The number of carbonyl (C=O) groups is 2. The normalized spacial score (nSPS) is 16.2. The molecule has 0 aromatic carbocycles. The SMILES string of the molecule is CC1=C(CCCCCCCCCCCCCCCCNC(=O)O)C(C)(C)CCC1=O. The molecule has 0 radical (unpaired) electrons. The van der Waals surface area contributed by atoms with E-state index in [0.717, 1.165) is 37.7 Å². The van der Waals surface area contributed by atoms with Gasteiger partial charge in [0.1, 0.15) is 0 Å². The summed E-state index contributed by atoms with van der Waals surface area (Å²) < 4.78 is 0. The van der Waals surface area contributed by atoms with E-state index >= 15 is 0 Å². The second-order valence-corrected chi connectivity index (χ2v) is 9.84. The fourth-order valence-electron chi connectivity index (χ4n) is 4.71. The molecular formula is C26H47NO3. The maximum atomic E-state index is 12.0. The molecule has 0 aromatic heterocycles. The van der Waals surface area contributed by atoms with Crippen molar-refractivity contribution >= 4 is 11.9 Å². The molecule has 0 aromatic rings. The Bertz CT molecular complexity index is 536. The van der Waals surface area contributed by atoms with Crippen LogP contribution in [0.1, 0.15) is 130 Å². The quantitative estimate of drug-likeness (QED) is 0.235. The van der Waals surface area contributed by atoms with Gasteiger partial charge in [0.25, 0.3) is 0 Å². The highest BCUT2D eigenvalue weighted by atomic mass is 16.4. The van der Waals surface area contributed by atoms with E-state index in [-0.39, 0.29) is 5.41 Å². The highest BCUT2D eigenvalue weighted by molar-refractivity contribution is 5.96. The molecule has 2 N–H and O–H groups in total. The predicted octanol–water partition coefficient (Wildman–Crippen LogP) is 7.81. The molecule has 0 saturated carbocycles. The Morgan fingerprint density at radius 1 is 0.833 bits per heavy atom. The van der Waals surface area contributed by atoms with Crippen molar-refractivity contribution in [3.05, 3.63) is 11.1 Å². The predicted molar refractivity (Wildman–Crippen MR) is 126 cm³/mol. The molecule has 0 bridgehead atoms. The molecule has 174 valence electrons. The first-order chi connectivity index (χ1) is 14.3. The van der Waals surface area contributed by atoms with Gasteiger partial charge < -0.3 is 10.4 Å². The number of hydrogen-bond acceptors (Lipinski definition) is 2. The summed E-state index contributed by atoms with van der Waals surface area (Å²) in [4.78, 5) is 22.3. The van der Waals surface area contributed by atoms with Crippen LogP contribution in [0.25, 0.3) is 0 Å². The standard InChI is InChI=1S/C26H47NO3/c1-22-23(26(2,3)20-19-24(22)28)18-16-14-12-10-8-6-4-5-7-9-11-13-15-17-21-27-25(29)30/h27H,4-21H2,1-3H3,(H,29,30). The average Bonchev–Trinajstić information content (AvgIpc) is 2.69. The molecule has 0 aliphatic heterocycles. The molecule has 1 aliphatic carbocycles. The Labute approximate surface area is 185 Å². The number of rotatable bonds is 17. The van der Waals surface area contributed by atoms with Crippen molar-refractivity contribution in [2.24, 2.45) is 5.41 Å². The Balaban J connectivity index is 1.87. The number of allylic oxidation sites excluding steroid dienone is 2. The van der Waals surface area contributed by atoms with Gasteiger partial charge in [-0.15, -0.1) is 0 Å². The van der Waals surface area contributed by atoms with Crippen LogP contribution >= 0.6 is 0 Å². The number of hydrogen-bond donors (Lipinski definition) is 2. The lowest BCUT2D eigenvalue weighted by molar-refractivity contribution is -0.116. The Morgan fingerprint density at radius 2 is 1.27 bits per heavy atom. The van der Waals surface area contributed by atoms with Gasteiger partial charge in [-0.25, -0.2) is 4.79 Å². The summed E-state index contributed by atoms with van der Waals surface area (Å²) in [5.74, 6) is 0.373. The largest absolute Gasteiger partial charge is 0.465 e. The molecule has 0 fully saturated rings. The van der Waals surface area contributed by atoms with Crippen molar-refractivity contribution in [1.82, 2.24) is 5.32 Å². The number of carboxylic acid groups (broad SMARTS) is 1. The highest BCUT2D eigenvalue weighted by Gasteiger charge is 2.31. The lowest BCUT2D eigenvalue weighted by Gasteiger charge is -2.34. The zero-order chi connectivity index (χ0) is 22.2. The van der Waals surface area contributed by atoms with E-state index in [2.05, 4.69) is 19.2 Å². The monoisotopic (exact) mass is 421 g/mol. The first kappa shape index (κ1) is 26.7. The smallest absolute Gasteiger partial charge is 0.404 e. The van der Waals surface area contributed by atoms with Crippen LogP contribution in [-0.2, 0) is 4.79 Å². The van der Waals surface area contributed by atoms with Crippen molar-refractivity contribution in [3.8, 4) is 0 Å². The molecule has 4 nitrogen and oxygen atoms in total. The van der Waals surface area contributed by atoms with Gasteiger partial charge in [0.15, 0.2) is 5.78 Å². The molecule has 0 heterocycles. The maximum absolute atomic E-state index is 12.0. The lowest BCUT2D eigenvalue weighted by atomic mass is 9.70. The molecular weight excluding hydrogens is 374 g/mol. The summed E-state index contributed by atoms with van der Waals surface area (Å²) >= 11 is 0. The van der Waals surface area contributed by atoms with Gasteiger partial charge in [-0.2, -0.15) is 0 Å². The molecule has 1 aliphatic rings. The van der Waals surface area contributed by atoms with Crippen LogP contribution in [0.2, 0.25) is 0 Å². The molecule has 0 unspecified atom stereocenters. The van der Waals surface area contributed by atoms with E-state index in [1.165, 1.54) is 82.6 Å². The summed E-state index contributed by atoms with van der Waals surface area (Å²) in [5.41, 5.74) is 2.70. The Morgan fingerprint density at radius 3 is 1.73 bits per heavy atom. The second-order valence-electron chi connectivity index (χ2n) is 9.84. The zero-order valence-corrected chi connectivity index (χ0v) is 20.0. The number of nitrogens with one attached hydrogen (secondary N) is 1. The van der Waals surface area contributed by atoms with Crippen molar-refractivity contribution < 1.29 is 14.7 Å². The van der Waals surface area contributed by atoms with E-state index in [1.807, 2.05) is 6.92 Å². The fraction of sp³-hybridized carbons (Fsp3) is 0.846. The van der Waals surface area contributed by atoms with Crippen LogP contribution < -0.4 is 5.32 Å². The molecule has 1 rings (SSSR count). The van der Waals surface area contributed by atoms with Gasteiger partial charge in [0.2, 0.25) is 0 Å². The van der Waals surface area contributed by atoms with Gasteiger partial charge in [-0.3, -0.25) is 4.79 Å². The summed E-state index contributed by atoms with van der Waals surface area (Å²) in [6.07, 6.45) is 19.9. The summed E-state index contributed by atoms with van der Waals surface area (Å²) in [6.45, 7) is 7.24. The summed E-state index contributed by atoms with van der Waals surface area (Å²) in [6, 6.07) is 0. The first-order valence-corrected chi connectivity index (χ1v) is 12.5. The lowest BCUT2D eigenvalue weighted by Crippen LogP contribution is -2.25. The number of unbranched alkanes of at least 4 members (excludes halogenated alkanes) is 13. The van der Waals surface area contributed by atoms with E-state index in [0.29, 0.717) is 12.3 Å². The van der Waals surface area contributed by atoms with Gasteiger partial charge in [0, 0.05) is 13.0 Å². The molecule has 1 amide bonds. The van der Waals surface area contributed by atoms with Crippen LogP contribution in [0.4, 0.5) is 4.79 Å². The van der Waals surface area contributed by atoms with Crippen LogP contribution in [0.15, 0.2) is 11.1 Å². The van der Waals surface area contributed by atoms with Gasteiger partial charge in [-0.1, -0.05) is 96.5 Å². The molecule has 0 saturated heterocycles. The Kier molecular flexibility index (Phi) is 13.8. The zero-order valence-electron chi connectivity index (χ0n) is 20.0. The second kappa shape index (κ2) is 15.5. The third kappa shape index (κ3) is 11.8. The van der Waals surface area contributed by atoms with Gasteiger partial charge in [-0.05, 0) is 43.6 Å². The van der Waals surface area contributed by atoms with Crippen LogP contribution in [0.3, 0.4) is 0 Å².